The minimum atomic E-state index is 0.455. The molecule has 3 heteroatoms. The molecule has 1 aliphatic carbocycles. The van der Waals surface area contributed by atoms with Crippen LogP contribution in [0.25, 0.3) is 0 Å². The monoisotopic (exact) mass is 276 g/mol. The first-order chi connectivity index (χ1) is 9.50. The molecule has 0 heterocycles. The van der Waals surface area contributed by atoms with Crippen LogP contribution in [0.15, 0.2) is 18.2 Å². The quantitative estimate of drug-likeness (QED) is 0.916. The maximum absolute atomic E-state index is 10.2. The van der Waals surface area contributed by atoms with E-state index in [1.807, 2.05) is 25.1 Å². The van der Waals surface area contributed by atoms with Gasteiger partial charge in [-0.3, -0.25) is 4.90 Å². The van der Waals surface area contributed by atoms with E-state index in [1.165, 1.54) is 25.7 Å². The fraction of sp³-hybridized carbons (Fsp3) is 0.647. The van der Waals surface area contributed by atoms with Crippen LogP contribution < -0.4 is 0 Å². The zero-order valence-electron chi connectivity index (χ0n) is 13.3. The Bertz CT molecular complexity index is 445. The standard InChI is InChI=1S/C17H28N2O/c1-13-8-7-9-14(17(13)20)12-19(4)16-11-6-5-10-15(16)18(2)3/h7-9,15-16,20H,5-6,10-12H2,1-4H3/t15-,16-/m0/s1. The molecule has 0 unspecified atom stereocenters. The third-order valence-electron chi connectivity index (χ3n) is 4.66. The van der Waals surface area contributed by atoms with Gasteiger partial charge in [0, 0.05) is 24.2 Å². The first-order valence-electron chi connectivity index (χ1n) is 7.65. The van der Waals surface area contributed by atoms with E-state index in [2.05, 4.69) is 30.9 Å². The van der Waals surface area contributed by atoms with Gasteiger partial charge in [0.25, 0.3) is 0 Å². The maximum Gasteiger partial charge on any atom is 0.122 e. The zero-order valence-corrected chi connectivity index (χ0v) is 13.3. The van der Waals surface area contributed by atoms with Gasteiger partial charge in [-0.2, -0.15) is 0 Å². The van der Waals surface area contributed by atoms with E-state index < -0.39 is 0 Å². The molecule has 1 aromatic carbocycles. The van der Waals surface area contributed by atoms with Gasteiger partial charge in [-0.1, -0.05) is 31.0 Å². The normalized spacial score (nSPS) is 23.5. The predicted octanol–water partition coefficient (Wildman–Crippen LogP) is 3.01. The number of likely N-dealkylation sites (N-methyl/N-ethyl adjacent to an activating group) is 2. The van der Waals surface area contributed by atoms with Gasteiger partial charge in [-0.05, 0) is 46.5 Å². The third kappa shape index (κ3) is 3.33. The summed E-state index contributed by atoms with van der Waals surface area (Å²) >= 11 is 0. The van der Waals surface area contributed by atoms with Crippen molar-refractivity contribution in [3.63, 3.8) is 0 Å². The van der Waals surface area contributed by atoms with Crippen molar-refractivity contribution in [2.75, 3.05) is 21.1 Å². The maximum atomic E-state index is 10.2. The van der Waals surface area contributed by atoms with Gasteiger partial charge < -0.3 is 10.0 Å². The number of benzene rings is 1. The molecule has 112 valence electrons. The van der Waals surface area contributed by atoms with Crippen LogP contribution in [0.5, 0.6) is 5.75 Å². The molecule has 1 N–H and O–H groups in total. The Morgan fingerprint density at radius 2 is 1.75 bits per heavy atom. The number of rotatable bonds is 4. The van der Waals surface area contributed by atoms with Gasteiger partial charge >= 0.3 is 0 Å². The molecule has 1 aliphatic rings. The van der Waals surface area contributed by atoms with Crippen LogP contribution in [0.4, 0.5) is 0 Å². The first-order valence-corrected chi connectivity index (χ1v) is 7.65. The van der Waals surface area contributed by atoms with Gasteiger partial charge in [0.2, 0.25) is 0 Å². The summed E-state index contributed by atoms with van der Waals surface area (Å²) in [5.41, 5.74) is 2.00. The highest BCUT2D eigenvalue weighted by molar-refractivity contribution is 5.39. The van der Waals surface area contributed by atoms with Gasteiger partial charge in [0.05, 0.1) is 0 Å². The van der Waals surface area contributed by atoms with E-state index in [9.17, 15) is 5.11 Å². The van der Waals surface area contributed by atoms with Crippen molar-refractivity contribution in [2.45, 2.75) is 51.2 Å². The van der Waals surface area contributed by atoms with E-state index in [0.29, 0.717) is 17.8 Å². The number of phenols is 1. The number of hydrogen-bond donors (Lipinski definition) is 1. The van der Waals surface area contributed by atoms with Crippen LogP contribution in [0.2, 0.25) is 0 Å². The van der Waals surface area contributed by atoms with E-state index in [1.54, 1.807) is 0 Å². The molecule has 0 bridgehead atoms. The number of aryl methyl sites for hydroxylation is 1. The van der Waals surface area contributed by atoms with Crippen LogP contribution in [-0.4, -0.2) is 48.1 Å². The number of aromatic hydroxyl groups is 1. The first kappa shape index (κ1) is 15.3. The Balaban J connectivity index is 2.10. The summed E-state index contributed by atoms with van der Waals surface area (Å²) in [6.45, 7) is 2.78. The lowest BCUT2D eigenvalue weighted by molar-refractivity contribution is 0.0872. The molecule has 0 amide bonds. The smallest absolute Gasteiger partial charge is 0.122 e. The minimum absolute atomic E-state index is 0.455. The Labute approximate surface area is 123 Å². The fourth-order valence-corrected chi connectivity index (χ4v) is 3.44. The molecular formula is C17H28N2O. The summed E-state index contributed by atoms with van der Waals surface area (Å²) in [5, 5.41) is 10.2. The molecule has 2 atom stereocenters. The Morgan fingerprint density at radius 1 is 1.10 bits per heavy atom. The molecule has 1 saturated carbocycles. The van der Waals surface area contributed by atoms with Crippen LogP contribution in [0.1, 0.15) is 36.8 Å². The number of para-hydroxylation sites is 1. The van der Waals surface area contributed by atoms with E-state index in [0.717, 1.165) is 17.7 Å². The zero-order chi connectivity index (χ0) is 14.7. The molecule has 20 heavy (non-hydrogen) atoms. The lowest BCUT2D eigenvalue weighted by Gasteiger charge is -2.41. The van der Waals surface area contributed by atoms with Crippen LogP contribution in [0.3, 0.4) is 0 Å². The average molecular weight is 276 g/mol. The Hall–Kier alpha value is -1.06. The third-order valence-corrected chi connectivity index (χ3v) is 4.66. The van der Waals surface area contributed by atoms with Crippen LogP contribution in [-0.2, 0) is 6.54 Å². The van der Waals surface area contributed by atoms with Crippen molar-refractivity contribution in [3.8, 4) is 5.75 Å². The minimum Gasteiger partial charge on any atom is -0.507 e. The van der Waals surface area contributed by atoms with Gasteiger partial charge in [0.1, 0.15) is 5.75 Å². The molecule has 0 saturated heterocycles. The average Bonchev–Trinajstić information content (AvgIpc) is 2.43. The summed E-state index contributed by atoms with van der Waals surface area (Å²) in [7, 11) is 6.55. The molecule has 1 fully saturated rings. The Kier molecular flexibility index (Phi) is 5.06. The molecule has 0 spiro atoms. The number of hydrogen-bond acceptors (Lipinski definition) is 3. The van der Waals surface area contributed by atoms with Crippen LogP contribution in [0, 0.1) is 6.92 Å². The second kappa shape index (κ2) is 6.59. The van der Waals surface area contributed by atoms with Crippen molar-refractivity contribution >= 4 is 0 Å². The second-order valence-corrected chi connectivity index (χ2v) is 6.38. The van der Waals surface area contributed by atoms with E-state index >= 15 is 0 Å². The predicted molar refractivity (Wildman–Crippen MR) is 84.0 cm³/mol. The highest BCUT2D eigenvalue weighted by Gasteiger charge is 2.29. The summed E-state index contributed by atoms with van der Waals surface area (Å²) in [4.78, 5) is 4.77. The SMILES string of the molecule is Cc1cccc(CN(C)[C@H]2CCCC[C@@H]2N(C)C)c1O. The van der Waals surface area contributed by atoms with Crippen molar-refractivity contribution in [3.05, 3.63) is 29.3 Å². The van der Waals surface area contributed by atoms with Crippen LogP contribution >= 0.6 is 0 Å². The second-order valence-electron chi connectivity index (χ2n) is 6.38. The summed E-state index contributed by atoms with van der Waals surface area (Å²) in [6.07, 6.45) is 5.19. The Morgan fingerprint density at radius 3 is 2.40 bits per heavy atom. The van der Waals surface area contributed by atoms with Gasteiger partial charge in [-0.25, -0.2) is 0 Å². The molecule has 2 rings (SSSR count). The van der Waals surface area contributed by atoms with Crippen molar-refractivity contribution < 1.29 is 5.11 Å². The number of phenolic OH excluding ortho intramolecular Hbond substituents is 1. The van der Waals surface area contributed by atoms with Crippen molar-refractivity contribution in [2.24, 2.45) is 0 Å². The molecule has 0 aromatic heterocycles. The lowest BCUT2D eigenvalue weighted by Crippen LogP contribution is -2.49. The largest absolute Gasteiger partial charge is 0.507 e. The molecule has 0 radical (unpaired) electrons. The fourth-order valence-electron chi connectivity index (χ4n) is 3.44. The summed E-state index contributed by atoms with van der Waals surface area (Å²) in [6, 6.07) is 7.23. The van der Waals surface area contributed by atoms with Crippen molar-refractivity contribution in [1.82, 2.24) is 9.80 Å². The highest BCUT2D eigenvalue weighted by Crippen LogP contribution is 2.28. The number of nitrogens with zero attached hydrogens (tertiary/aromatic N) is 2. The van der Waals surface area contributed by atoms with Gasteiger partial charge in [-0.15, -0.1) is 0 Å². The molecular weight excluding hydrogens is 248 g/mol. The molecule has 0 aliphatic heterocycles. The lowest BCUT2D eigenvalue weighted by atomic mass is 9.88. The van der Waals surface area contributed by atoms with E-state index in [4.69, 9.17) is 0 Å². The molecule has 1 aromatic rings. The molecule has 3 nitrogen and oxygen atoms in total. The van der Waals surface area contributed by atoms with Gasteiger partial charge in [0.15, 0.2) is 0 Å². The summed E-state index contributed by atoms with van der Waals surface area (Å²) < 4.78 is 0. The highest BCUT2D eigenvalue weighted by atomic mass is 16.3. The van der Waals surface area contributed by atoms with Crippen molar-refractivity contribution in [1.29, 1.82) is 0 Å². The topological polar surface area (TPSA) is 26.7 Å². The van der Waals surface area contributed by atoms with E-state index in [-0.39, 0.29) is 0 Å². The summed E-state index contributed by atoms with van der Waals surface area (Å²) in [5.74, 6) is 0.455.